The molecule has 2 N–H and O–H groups in total. The largest absolute Gasteiger partial charge is 0.480 e. The molecule has 1 atom stereocenters. The van der Waals surface area contributed by atoms with Crippen molar-refractivity contribution in [3.05, 3.63) is 71.8 Å². The second-order valence-corrected chi connectivity index (χ2v) is 5.73. The van der Waals surface area contributed by atoms with Crippen LogP contribution in [-0.4, -0.2) is 34.5 Å². The van der Waals surface area contributed by atoms with Crippen molar-refractivity contribution in [3.8, 4) is 0 Å². The van der Waals surface area contributed by atoms with E-state index < -0.39 is 12.0 Å². The number of carbonyl (C=O) groups excluding carboxylic acids is 1. The Balaban J connectivity index is 2.14. The van der Waals surface area contributed by atoms with Gasteiger partial charge in [0.2, 0.25) is 5.91 Å². The highest BCUT2D eigenvalue weighted by atomic mass is 16.4. The summed E-state index contributed by atoms with van der Waals surface area (Å²) < 4.78 is 0. The number of aliphatic carboxylic acids is 1. The maximum Gasteiger partial charge on any atom is 0.327 e. The van der Waals surface area contributed by atoms with Crippen LogP contribution < -0.4 is 5.32 Å². The number of benzene rings is 2. The van der Waals surface area contributed by atoms with Gasteiger partial charge in [0.1, 0.15) is 6.04 Å². The molecule has 2 aromatic carbocycles. The first-order valence-electron chi connectivity index (χ1n) is 7.84. The highest BCUT2D eigenvalue weighted by molar-refractivity contribution is 5.82. The fourth-order valence-corrected chi connectivity index (χ4v) is 2.56. The molecule has 0 saturated carbocycles. The third kappa shape index (κ3) is 5.85. The van der Waals surface area contributed by atoms with Crippen LogP contribution in [0, 0.1) is 0 Å². The standard InChI is InChI=1S/C19H22N2O3/c1-15(22)20-18(19(23)24)14-21(12-16-8-4-2-5-9-16)13-17-10-6-3-7-11-17/h2-11,18H,12-14H2,1H3,(H,20,22)(H,23,24). The molecule has 0 radical (unpaired) electrons. The van der Waals surface area contributed by atoms with Crippen molar-refractivity contribution in [2.24, 2.45) is 0 Å². The Kier molecular flexibility index (Phi) is 6.51. The number of nitrogens with one attached hydrogen (secondary N) is 1. The van der Waals surface area contributed by atoms with E-state index in [1.807, 2.05) is 65.6 Å². The molecule has 0 bridgehead atoms. The first-order chi connectivity index (χ1) is 11.5. The molecule has 1 amide bonds. The van der Waals surface area contributed by atoms with E-state index in [-0.39, 0.29) is 12.5 Å². The third-order valence-corrected chi connectivity index (χ3v) is 3.61. The molecule has 0 aliphatic heterocycles. The van der Waals surface area contributed by atoms with E-state index in [1.54, 1.807) is 0 Å². The van der Waals surface area contributed by atoms with Gasteiger partial charge >= 0.3 is 5.97 Å². The summed E-state index contributed by atoms with van der Waals surface area (Å²) in [7, 11) is 0. The summed E-state index contributed by atoms with van der Waals surface area (Å²) in [5.41, 5.74) is 2.20. The van der Waals surface area contributed by atoms with E-state index in [1.165, 1.54) is 6.92 Å². The monoisotopic (exact) mass is 326 g/mol. The summed E-state index contributed by atoms with van der Waals surface area (Å²) in [6.07, 6.45) is 0. The number of carboxylic acid groups (broad SMARTS) is 1. The summed E-state index contributed by atoms with van der Waals surface area (Å²) in [5.74, 6) is -1.38. The summed E-state index contributed by atoms with van der Waals surface area (Å²) >= 11 is 0. The van der Waals surface area contributed by atoms with Crippen LogP contribution in [0.25, 0.3) is 0 Å². The molecule has 0 aliphatic rings. The molecule has 0 fully saturated rings. The fraction of sp³-hybridized carbons (Fsp3) is 0.263. The lowest BCUT2D eigenvalue weighted by Gasteiger charge is -2.26. The molecular weight excluding hydrogens is 304 g/mol. The van der Waals surface area contributed by atoms with Gasteiger partial charge in [0.25, 0.3) is 0 Å². The summed E-state index contributed by atoms with van der Waals surface area (Å²) in [4.78, 5) is 24.7. The predicted molar refractivity (Wildman–Crippen MR) is 92.2 cm³/mol. The Labute approximate surface area is 141 Å². The number of nitrogens with zero attached hydrogens (tertiary/aromatic N) is 1. The first-order valence-corrected chi connectivity index (χ1v) is 7.84. The van der Waals surface area contributed by atoms with Gasteiger partial charge in [-0.2, -0.15) is 0 Å². The van der Waals surface area contributed by atoms with Crippen LogP contribution in [0.5, 0.6) is 0 Å². The van der Waals surface area contributed by atoms with E-state index in [0.717, 1.165) is 11.1 Å². The third-order valence-electron chi connectivity index (χ3n) is 3.61. The Hall–Kier alpha value is -2.66. The van der Waals surface area contributed by atoms with Gasteiger partial charge in [-0.25, -0.2) is 4.79 Å². The molecule has 0 heterocycles. The lowest BCUT2D eigenvalue weighted by atomic mass is 10.1. The summed E-state index contributed by atoms with van der Waals surface area (Å²) in [5, 5.41) is 11.9. The minimum absolute atomic E-state index is 0.235. The summed E-state index contributed by atoms with van der Waals surface area (Å²) in [6, 6.07) is 18.8. The van der Waals surface area contributed by atoms with Crippen molar-refractivity contribution in [3.63, 3.8) is 0 Å². The van der Waals surface area contributed by atoms with Gasteiger partial charge < -0.3 is 10.4 Å². The van der Waals surface area contributed by atoms with Gasteiger partial charge in [0, 0.05) is 26.6 Å². The zero-order valence-corrected chi connectivity index (χ0v) is 13.7. The first kappa shape index (κ1) is 17.7. The number of amides is 1. The van der Waals surface area contributed by atoms with Crippen molar-refractivity contribution in [2.45, 2.75) is 26.1 Å². The SMILES string of the molecule is CC(=O)NC(CN(Cc1ccccc1)Cc1ccccc1)C(=O)O. The Morgan fingerprint density at radius 1 is 0.958 bits per heavy atom. The van der Waals surface area contributed by atoms with E-state index in [2.05, 4.69) is 5.32 Å². The number of rotatable bonds is 8. The van der Waals surface area contributed by atoms with Crippen LogP contribution in [0.4, 0.5) is 0 Å². The van der Waals surface area contributed by atoms with Crippen molar-refractivity contribution in [1.82, 2.24) is 10.2 Å². The average molecular weight is 326 g/mol. The van der Waals surface area contributed by atoms with E-state index in [0.29, 0.717) is 13.1 Å². The Morgan fingerprint density at radius 2 is 1.42 bits per heavy atom. The molecule has 2 rings (SSSR count). The highest BCUT2D eigenvalue weighted by Crippen LogP contribution is 2.11. The Bertz CT molecular complexity index is 617. The highest BCUT2D eigenvalue weighted by Gasteiger charge is 2.22. The molecule has 0 aromatic heterocycles. The quantitative estimate of drug-likeness (QED) is 0.781. The molecule has 24 heavy (non-hydrogen) atoms. The second-order valence-electron chi connectivity index (χ2n) is 5.73. The zero-order valence-electron chi connectivity index (χ0n) is 13.7. The van der Waals surface area contributed by atoms with Crippen LogP contribution in [0.1, 0.15) is 18.1 Å². The van der Waals surface area contributed by atoms with Crippen molar-refractivity contribution < 1.29 is 14.7 Å². The normalized spacial score (nSPS) is 11.9. The number of carboxylic acids is 1. The average Bonchev–Trinajstić information content (AvgIpc) is 2.55. The molecule has 1 unspecified atom stereocenters. The van der Waals surface area contributed by atoms with Crippen LogP contribution in [0.2, 0.25) is 0 Å². The smallest absolute Gasteiger partial charge is 0.327 e. The molecule has 0 spiro atoms. The Morgan fingerprint density at radius 3 is 1.79 bits per heavy atom. The van der Waals surface area contributed by atoms with Crippen LogP contribution >= 0.6 is 0 Å². The van der Waals surface area contributed by atoms with Crippen molar-refractivity contribution in [1.29, 1.82) is 0 Å². The van der Waals surface area contributed by atoms with Gasteiger partial charge in [-0.1, -0.05) is 60.7 Å². The molecule has 0 aliphatic carbocycles. The maximum atomic E-state index is 11.4. The van der Waals surface area contributed by atoms with Crippen molar-refractivity contribution >= 4 is 11.9 Å². The van der Waals surface area contributed by atoms with Gasteiger partial charge in [-0.05, 0) is 11.1 Å². The van der Waals surface area contributed by atoms with Crippen LogP contribution in [-0.2, 0) is 22.7 Å². The minimum atomic E-state index is -1.03. The number of carbonyl (C=O) groups is 2. The zero-order chi connectivity index (χ0) is 17.4. The van der Waals surface area contributed by atoms with Gasteiger partial charge in [0.05, 0.1) is 0 Å². The lowest BCUT2D eigenvalue weighted by Crippen LogP contribution is -2.47. The molecule has 0 saturated heterocycles. The molecule has 5 nitrogen and oxygen atoms in total. The van der Waals surface area contributed by atoms with Gasteiger partial charge in [-0.3, -0.25) is 9.69 Å². The maximum absolute atomic E-state index is 11.4. The van der Waals surface area contributed by atoms with Gasteiger partial charge in [0.15, 0.2) is 0 Å². The van der Waals surface area contributed by atoms with E-state index >= 15 is 0 Å². The molecule has 2 aromatic rings. The summed E-state index contributed by atoms with van der Waals surface area (Å²) in [6.45, 7) is 2.78. The molecular formula is C19H22N2O3. The van der Waals surface area contributed by atoms with Crippen LogP contribution in [0.3, 0.4) is 0 Å². The number of hydrogen-bond acceptors (Lipinski definition) is 3. The topological polar surface area (TPSA) is 69.6 Å². The predicted octanol–water partition coefficient (Wildman–Crippen LogP) is 2.28. The lowest BCUT2D eigenvalue weighted by molar-refractivity contribution is -0.142. The fourth-order valence-electron chi connectivity index (χ4n) is 2.56. The molecule has 126 valence electrons. The number of hydrogen-bond donors (Lipinski definition) is 2. The second kappa shape index (κ2) is 8.84. The molecule has 5 heteroatoms. The van der Waals surface area contributed by atoms with Crippen molar-refractivity contribution in [2.75, 3.05) is 6.54 Å². The minimum Gasteiger partial charge on any atom is -0.480 e. The van der Waals surface area contributed by atoms with Gasteiger partial charge in [-0.15, -0.1) is 0 Å². The van der Waals surface area contributed by atoms with E-state index in [4.69, 9.17) is 0 Å². The van der Waals surface area contributed by atoms with E-state index in [9.17, 15) is 14.7 Å². The van der Waals surface area contributed by atoms with Crippen LogP contribution in [0.15, 0.2) is 60.7 Å².